The highest BCUT2D eigenvalue weighted by molar-refractivity contribution is 6.31. The van der Waals surface area contributed by atoms with E-state index in [2.05, 4.69) is 38.7 Å². The summed E-state index contributed by atoms with van der Waals surface area (Å²) in [6, 6.07) is 22.6. The second kappa shape index (κ2) is 11.9. The average molecular weight is 753 g/mol. The smallest absolute Gasteiger partial charge is 0.419 e. The van der Waals surface area contributed by atoms with E-state index in [-0.39, 0.29) is 18.2 Å². The lowest BCUT2D eigenvalue weighted by atomic mass is 9.91. The lowest BCUT2D eigenvalue weighted by molar-refractivity contribution is -0.266. The van der Waals surface area contributed by atoms with E-state index in [0.29, 0.717) is 24.0 Å². The molecular weight excluding hydrogens is 709 g/mol. The maximum absolute atomic E-state index is 14.6. The van der Waals surface area contributed by atoms with E-state index < -0.39 is 41.8 Å². The van der Waals surface area contributed by atoms with Gasteiger partial charge < -0.3 is 39.3 Å². The molecule has 12 nitrogen and oxygen atoms in total. The molecule has 0 saturated carbocycles. The molecule has 4 aromatic carbocycles. The Kier molecular flexibility index (Phi) is 7.39. The van der Waals surface area contributed by atoms with E-state index >= 15 is 0 Å². The van der Waals surface area contributed by atoms with E-state index in [1.54, 1.807) is 25.3 Å². The third-order valence-corrected chi connectivity index (χ3v) is 12.2. The predicted octanol–water partition coefficient (Wildman–Crippen LogP) is 6.90. The Morgan fingerprint density at radius 2 is 1.61 bits per heavy atom. The molecule has 0 spiro atoms. The zero-order chi connectivity index (χ0) is 39.0. The van der Waals surface area contributed by atoms with Gasteiger partial charge in [-0.15, -0.1) is 0 Å². The number of carbonyl (C=O) groups is 3. The van der Waals surface area contributed by atoms with Gasteiger partial charge in [0.1, 0.15) is 17.9 Å². The van der Waals surface area contributed by atoms with Gasteiger partial charge in [-0.1, -0.05) is 54.6 Å². The van der Waals surface area contributed by atoms with Gasteiger partial charge in [0.05, 0.1) is 45.2 Å². The molecule has 286 valence electrons. The number of rotatable bonds is 5. The van der Waals surface area contributed by atoms with E-state index in [0.717, 1.165) is 60.1 Å². The largest absolute Gasteiger partial charge is 0.443 e. The molecule has 10 rings (SSSR count). The molecule has 2 amide bonds. The van der Waals surface area contributed by atoms with Crippen LogP contribution in [0.15, 0.2) is 79.0 Å². The predicted molar refractivity (Wildman–Crippen MR) is 215 cm³/mol. The highest BCUT2D eigenvalue weighted by Crippen LogP contribution is 2.54. The van der Waals surface area contributed by atoms with Crippen LogP contribution in [0.1, 0.15) is 61.8 Å². The maximum atomic E-state index is 14.6. The summed E-state index contributed by atoms with van der Waals surface area (Å²) in [5.41, 5.74) is 12.0. The van der Waals surface area contributed by atoms with Crippen LogP contribution in [-0.4, -0.2) is 74.5 Å². The summed E-state index contributed by atoms with van der Waals surface area (Å²) in [4.78, 5) is 43.3. The number of carbonyl (C=O) groups excluding carboxylic acids is 3. The molecule has 7 aromatic rings. The molecule has 6 heterocycles. The first-order valence-electron chi connectivity index (χ1n) is 19.2. The third kappa shape index (κ3) is 4.66. The van der Waals surface area contributed by atoms with Crippen LogP contribution in [0.2, 0.25) is 0 Å². The Labute approximate surface area is 322 Å². The Balaban J connectivity index is 1.10. The molecule has 56 heavy (non-hydrogen) atoms. The minimum Gasteiger partial charge on any atom is -0.443 e. The molecule has 3 aliphatic heterocycles. The molecule has 5 atom stereocenters. The molecule has 3 aliphatic rings. The van der Waals surface area contributed by atoms with Gasteiger partial charge in [0.25, 0.3) is 5.91 Å². The Bertz CT molecular complexity index is 2840. The first kappa shape index (κ1) is 34.8. The average Bonchev–Trinajstić information content (AvgIpc) is 3.91. The molecule has 3 N–H and O–H groups in total. The number of para-hydroxylation sites is 3. The molecule has 0 aliphatic carbocycles. The summed E-state index contributed by atoms with van der Waals surface area (Å²) in [7, 11) is 3.46. The first-order valence-corrected chi connectivity index (χ1v) is 19.2. The Hall–Kier alpha value is -5.69. The van der Waals surface area contributed by atoms with Crippen LogP contribution in [0.4, 0.5) is 4.79 Å². The summed E-state index contributed by atoms with van der Waals surface area (Å²) < 4.78 is 25.4. The normalized spacial score (nSPS) is 22.3. The highest BCUT2D eigenvalue weighted by Gasteiger charge is 2.55. The molecule has 5 unspecified atom stereocenters. The van der Waals surface area contributed by atoms with Crippen molar-refractivity contribution < 1.29 is 28.6 Å². The molecular formula is C44H44N6O6. The number of hydrogen-bond acceptors (Lipinski definition) is 7. The van der Waals surface area contributed by atoms with Crippen molar-refractivity contribution in [1.82, 2.24) is 23.9 Å². The van der Waals surface area contributed by atoms with Gasteiger partial charge >= 0.3 is 6.09 Å². The van der Waals surface area contributed by atoms with Crippen molar-refractivity contribution in [3.8, 4) is 0 Å². The number of benzene rings is 4. The zero-order valence-electron chi connectivity index (χ0n) is 32.3. The Morgan fingerprint density at radius 1 is 0.964 bits per heavy atom. The molecule has 1 fully saturated rings. The first-order chi connectivity index (χ1) is 26.8. The zero-order valence-corrected chi connectivity index (χ0v) is 32.3. The van der Waals surface area contributed by atoms with E-state index in [9.17, 15) is 14.4 Å². The van der Waals surface area contributed by atoms with Crippen molar-refractivity contribution in [2.24, 2.45) is 5.73 Å². The summed E-state index contributed by atoms with van der Waals surface area (Å²) >= 11 is 0. The Morgan fingerprint density at radius 3 is 2.30 bits per heavy atom. The summed E-state index contributed by atoms with van der Waals surface area (Å²) in [5, 5.41) is 7.88. The van der Waals surface area contributed by atoms with Crippen molar-refractivity contribution in [1.29, 1.82) is 0 Å². The second-order valence-electron chi connectivity index (χ2n) is 16.6. The molecule has 2 bridgehead atoms. The van der Waals surface area contributed by atoms with Crippen molar-refractivity contribution >= 4 is 72.4 Å². The van der Waals surface area contributed by atoms with Gasteiger partial charge in [0.15, 0.2) is 5.72 Å². The number of fused-ring (bicyclic) bond motifs is 14. The SMILES string of the molecule is COC1C(N(C)C(=O)C(N)Cc2cn(C(=O)OC(C)(C)C)c3ccccc23)CC2OC1(C)n1c3ccccc3c3c4c(c5c6ccccc6n2c5c31)C(=O)NC4. The van der Waals surface area contributed by atoms with Crippen molar-refractivity contribution in [2.75, 3.05) is 14.2 Å². The quantitative estimate of drug-likeness (QED) is 0.195. The number of aromatic nitrogens is 3. The maximum Gasteiger partial charge on any atom is 0.419 e. The standard InChI is InChI=1S/C44H44N6O6/c1-43(2,3)56-42(53)48-22-23(24-13-7-10-16-29(24)48)19-28(45)41(52)47(5)32-20-33-49-30-17-11-8-14-25(30)35-36-27(21-46-40(36)51)34-26-15-9-12-18-31(26)50(38(34)37(35)49)44(4,55-33)39(32)54-6/h7-18,22,28,32-33,39H,19-21,45H2,1-6H3,(H,46,51). The fourth-order valence-electron chi connectivity index (χ4n) is 10.0. The highest BCUT2D eigenvalue weighted by atomic mass is 16.6. The van der Waals surface area contributed by atoms with Gasteiger partial charge in [-0.2, -0.15) is 0 Å². The van der Waals surface area contributed by atoms with Crippen LogP contribution in [0, 0.1) is 0 Å². The third-order valence-electron chi connectivity index (χ3n) is 12.2. The molecule has 3 aromatic heterocycles. The van der Waals surface area contributed by atoms with Gasteiger partial charge in [-0.25, -0.2) is 4.79 Å². The minimum absolute atomic E-state index is 0.0813. The fraction of sp³-hybridized carbons (Fsp3) is 0.341. The number of likely N-dealkylation sites (N-methyl/N-ethyl adjacent to an activating group) is 1. The van der Waals surface area contributed by atoms with Crippen molar-refractivity contribution in [3.63, 3.8) is 0 Å². The second-order valence-corrected chi connectivity index (χ2v) is 16.6. The lowest BCUT2D eigenvalue weighted by Crippen LogP contribution is -2.62. The van der Waals surface area contributed by atoms with Gasteiger partial charge in [0.2, 0.25) is 5.91 Å². The van der Waals surface area contributed by atoms with Crippen LogP contribution in [0.25, 0.3) is 54.5 Å². The number of nitrogens with one attached hydrogen (secondary N) is 1. The van der Waals surface area contributed by atoms with Crippen LogP contribution < -0.4 is 11.1 Å². The van der Waals surface area contributed by atoms with E-state index in [4.69, 9.17) is 19.9 Å². The lowest BCUT2D eigenvalue weighted by Gasteiger charge is -2.50. The number of nitrogens with zero attached hydrogens (tertiary/aromatic N) is 4. The van der Waals surface area contributed by atoms with Crippen LogP contribution in [-0.2, 0) is 37.7 Å². The van der Waals surface area contributed by atoms with Gasteiger partial charge in [0, 0.05) is 60.3 Å². The number of amides is 2. The topological polar surface area (TPSA) is 135 Å². The number of methoxy groups -OCH3 is 1. The van der Waals surface area contributed by atoms with Gasteiger partial charge in [-0.3, -0.25) is 14.2 Å². The van der Waals surface area contributed by atoms with E-state index in [1.165, 1.54) is 4.57 Å². The van der Waals surface area contributed by atoms with Crippen molar-refractivity contribution in [2.45, 2.75) is 82.8 Å². The molecule has 1 saturated heterocycles. The number of ether oxygens (including phenoxy) is 3. The number of nitrogens with two attached hydrogens (primary N) is 1. The van der Waals surface area contributed by atoms with Crippen LogP contribution in [0.3, 0.4) is 0 Å². The molecule has 0 radical (unpaired) electrons. The summed E-state index contributed by atoms with van der Waals surface area (Å²) in [6.07, 6.45) is 0.693. The van der Waals surface area contributed by atoms with Crippen molar-refractivity contribution in [3.05, 3.63) is 95.7 Å². The monoisotopic (exact) mass is 752 g/mol. The summed E-state index contributed by atoms with van der Waals surface area (Å²) in [6.45, 7) is 7.96. The minimum atomic E-state index is -1.10. The van der Waals surface area contributed by atoms with E-state index in [1.807, 2.05) is 76.2 Å². The van der Waals surface area contributed by atoms with Crippen LogP contribution in [0.5, 0.6) is 0 Å². The van der Waals surface area contributed by atoms with Gasteiger partial charge in [-0.05, 0) is 63.4 Å². The van der Waals surface area contributed by atoms with Crippen LogP contribution >= 0.6 is 0 Å². The molecule has 12 heteroatoms. The summed E-state index contributed by atoms with van der Waals surface area (Å²) in [5.74, 6) is -0.339. The number of hydrogen-bond donors (Lipinski definition) is 2. The fourth-order valence-corrected chi connectivity index (χ4v) is 10.0.